The van der Waals surface area contributed by atoms with Crippen LogP contribution in [0.25, 0.3) is 0 Å². The maximum absolute atomic E-state index is 11.1. The maximum atomic E-state index is 11.1. The van der Waals surface area contributed by atoms with Crippen LogP contribution in [0.3, 0.4) is 0 Å². The number of carbonyl (C=O) groups is 1. The Labute approximate surface area is 123 Å². The summed E-state index contributed by atoms with van der Waals surface area (Å²) in [4.78, 5) is 15.4. The lowest BCUT2D eigenvalue weighted by atomic mass is 10.2. The highest BCUT2D eigenvalue weighted by Crippen LogP contribution is 2.27. The molecule has 0 unspecified atom stereocenters. The molecule has 1 amide bonds. The highest BCUT2D eigenvalue weighted by Gasteiger charge is 2.17. The third kappa shape index (κ3) is 2.70. The molecular formula is C16H18N2OS. The maximum Gasteiger partial charge on any atom is 0.258 e. The average molecular weight is 286 g/mol. The summed E-state index contributed by atoms with van der Waals surface area (Å²) in [6.07, 6.45) is 3.27. The number of nitrogens with two attached hydrogens (primary N) is 1. The van der Waals surface area contributed by atoms with E-state index in [2.05, 4.69) is 29.2 Å². The monoisotopic (exact) mass is 286 g/mol. The number of hydrogen-bond donors (Lipinski definition) is 1. The first-order valence-electron chi connectivity index (χ1n) is 6.95. The molecule has 4 heteroatoms. The molecule has 0 bridgehead atoms. The van der Waals surface area contributed by atoms with Crippen molar-refractivity contribution in [2.75, 3.05) is 18.0 Å². The van der Waals surface area contributed by atoms with E-state index >= 15 is 0 Å². The SMILES string of the molecule is NC(=O)c1ccc(CCCN2CCc3ccccc32)s1. The molecule has 2 aromatic rings. The smallest absolute Gasteiger partial charge is 0.258 e. The van der Waals surface area contributed by atoms with Gasteiger partial charge in [0, 0.05) is 23.7 Å². The lowest BCUT2D eigenvalue weighted by molar-refractivity contribution is 0.100. The van der Waals surface area contributed by atoms with E-state index in [0.29, 0.717) is 4.88 Å². The molecule has 0 saturated carbocycles. The standard InChI is InChI=1S/C16H18N2OS/c17-16(19)15-8-7-13(20-15)5-3-10-18-11-9-12-4-1-2-6-14(12)18/h1-2,4,6-8H,3,5,9-11H2,(H2,17,19). The average Bonchev–Trinajstić information content (AvgIpc) is 3.06. The fraction of sp³-hybridized carbons (Fsp3) is 0.312. The fourth-order valence-electron chi connectivity index (χ4n) is 2.73. The third-order valence-electron chi connectivity index (χ3n) is 3.74. The van der Waals surface area contributed by atoms with E-state index in [-0.39, 0.29) is 5.91 Å². The number of thiophene rings is 1. The van der Waals surface area contributed by atoms with E-state index in [4.69, 9.17) is 5.73 Å². The van der Waals surface area contributed by atoms with Crippen LogP contribution >= 0.6 is 11.3 Å². The molecule has 0 atom stereocenters. The normalized spacial score (nSPS) is 13.5. The Kier molecular flexibility index (Phi) is 3.74. The van der Waals surface area contributed by atoms with Crippen LogP contribution in [0.15, 0.2) is 36.4 Å². The van der Waals surface area contributed by atoms with Crippen molar-refractivity contribution in [3.63, 3.8) is 0 Å². The minimum Gasteiger partial charge on any atom is -0.371 e. The van der Waals surface area contributed by atoms with E-state index < -0.39 is 0 Å². The molecule has 104 valence electrons. The lowest BCUT2D eigenvalue weighted by Gasteiger charge is -2.18. The van der Waals surface area contributed by atoms with Crippen molar-refractivity contribution < 1.29 is 4.79 Å². The van der Waals surface area contributed by atoms with Gasteiger partial charge in [-0.05, 0) is 43.0 Å². The molecule has 1 aliphatic rings. The molecule has 0 aliphatic carbocycles. The molecule has 2 N–H and O–H groups in total. The quantitative estimate of drug-likeness (QED) is 0.918. The Morgan fingerprint density at radius 1 is 1.25 bits per heavy atom. The second kappa shape index (κ2) is 5.67. The predicted molar refractivity (Wildman–Crippen MR) is 83.5 cm³/mol. The topological polar surface area (TPSA) is 46.3 Å². The first-order valence-corrected chi connectivity index (χ1v) is 7.77. The fourth-order valence-corrected chi connectivity index (χ4v) is 3.63. The van der Waals surface area contributed by atoms with Crippen molar-refractivity contribution in [2.45, 2.75) is 19.3 Å². The third-order valence-corrected chi connectivity index (χ3v) is 4.90. The molecule has 1 aliphatic heterocycles. The van der Waals surface area contributed by atoms with Crippen molar-refractivity contribution in [1.29, 1.82) is 0 Å². The molecule has 0 spiro atoms. The van der Waals surface area contributed by atoms with Crippen molar-refractivity contribution in [1.82, 2.24) is 0 Å². The summed E-state index contributed by atoms with van der Waals surface area (Å²) in [5, 5.41) is 0. The van der Waals surface area contributed by atoms with Crippen LogP contribution in [-0.2, 0) is 12.8 Å². The van der Waals surface area contributed by atoms with Gasteiger partial charge < -0.3 is 10.6 Å². The number of primary amides is 1. The Bertz CT molecular complexity index is 620. The number of amides is 1. The van der Waals surface area contributed by atoms with Crippen LogP contribution < -0.4 is 10.6 Å². The van der Waals surface area contributed by atoms with Gasteiger partial charge in [0.15, 0.2) is 0 Å². The summed E-state index contributed by atoms with van der Waals surface area (Å²) in [6.45, 7) is 2.19. The van der Waals surface area contributed by atoms with Gasteiger partial charge in [-0.3, -0.25) is 4.79 Å². The number of nitrogens with zero attached hydrogens (tertiary/aromatic N) is 1. The van der Waals surface area contributed by atoms with E-state index in [0.717, 1.165) is 32.4 Å². The molecule has 0 saturated heterocycles. The Balaban J connectivity index is 1.54. The number of rotatable bonds is 5. The van der Waals surface area contributed by atoms with Crippen molar-refractivity contribution >= 4 is 22.9 Å². The Morgan fingerprint density at radius 3 is 2.90 bits per heavy atom. The van der Waals surface area contributed by atoms with E-state index in [1.165, 1.54) is 27.5 Å². The largest absolute Gasteiger partial charge is 0.371 e. The number of aryl methyl sites for hydroxylation is 1. The molecule has 20 heavy (non-hydrogen) atoms. The predicted octanol–water partition coefficient (Wildman–Crippen LogP) is 2.84. The van der Waals surface area contributed by atoms with Gasteiger partial charge in [0.25, 0.3) is 5.91 Å². The Hall–Kier alpha value is -1.81. The first kappa shape index (κ1) is 13.2. The van der Waals surface area contributed by atoms with Crippen molar-refractivity contribution in [3.05, 3.63) is 51.7 Å². The molecule has 2 heterocycles. The number of carbonyl (C=O) groups excluding carboxylic acids is 1. The van der Waals surface area contributed by atoms with Crippen LogP contribution in [0.2, 0.25) is 0 Å². The lowest BCUT2D eigenvalue weighted by Crippen LogP contribution is -2.21. The summed E-state index contributed by atoms with van der Waals surface area (Å²) in [5.41, 5.74) is 8.12. The van der Waals surface area contributed by atoms with Crippen molar-refractivity contribution in [3.8, 4) is 0 Å². The second-order valence-corrected chi connectivity index (χ2v) is 6.27. The van der Waals surface area contributed by atoms with Crippen molar-refractivity contribution in [2.24, 2.45) is 5.73 Å². The zero-order chi connectivity index (χ0) is 13.9. The van der Waals surface area contributed by atoms with E-state index in [9.17, 15) is 4.79 Å². The number of para-hydroxylation sites is 1. The highest BCUT2D eigenvalue weighted by molar-refractivity contribution is 7.14. The summed E-state index contributed by atoms with van der Waals surface area (Å²) < 4.78 is 0. The highest BCUT2D eigenvalue weighted by atomic mass is 32.1. The van der Waals surface area contributed by atoms with Crippen LogP contribution in [-0.4, -0.2) is 19.0 Å². The molecule has 3 nitrogen and oxygen atoms in total. The van der Waals surface area contributed by atoms with Crippen LogP contribution in [0.4, 0.5) is 5.69 Å². The first-order chi connectivity index (χ1) is 9.74. The second-order valence-electron chi connectivity index (χ2n) is 5.10. The van der Waals surface area contributed by atoms with Gasteiger partial charge in [-0.25, -0.2) is 0 Å². The molecule has 0 radical (unpaired) electrons. The van der Waals surface area contributed by atoms with E-state index in [1.54, 1.807) is 0 Å². The number of fused-ring (bicyclic) bond motifs is 1. The number of benzene rings is 1. The van der Waals surface area contributed by atoms with E-state index in [1.807, 2.05) is 12.1 Å². The van der Waals surface area contributed by atoms with Gasteiger partial charge in [-0.15, -0.1) is 11.3 Å². The van der Waals surface area contributed by atoms with Gasteiger partial charge in [-0.2, -0.15) is 0 Å². The Morgan fingerprint density at radius 2 is 2.10 bits per heavy atom. The zero-order valence-electron chi connectivity index (χ0n) is 11.3. The zero-order valence-corrected chi connectivity index (χ0v) is 12.2. The number of hydrogen-bond acceptors (Lipinski definition) is 3. The van der Waals surface area contributed by atoms with Gasteiger partial charge in [-0.1, -0.05) is 18.2 Å². The summed E-state index contributed by atoms with van der Waals surface area (Å²) >= 11 is 1.52. The van der Waals surface area contributed by atoms with Gasteiger partial charge in [0.1, 0.15) is 0 Å². The summed E-state index contributed by atoms with van der Waals surface area (Å²) in [6, 6.07) is 12.5. The summed E-state index contributed by atoms with van der Waals surface area (Å²) in [7, 11) is 0. The molecule has 0 fully saturated rings. The van der Waals surface area contributed by atoms with Gasteiger partial charge in [0.2, 0.25) is 0 Å². The molecule has 3 rings (SSSR count). The van der Waals surface area contributed by atoms with Crippen LogP contribution in [0, 0.1) is 0 Å². The molecule has 1 aromatic carbocycles. The molecule has 1 aromatic heterocycles. The van der Waals surface area contributed by atoms with Crippen LogP contribution in [0.1, 0.15) is 26.5 Å². The minimum atomic E-state index is -0.324. The van der Waals surface area contributed by atoms with Crippen LogP contribution in [0.5, 0.6) is 0 Å². The van der Waals surface area contributed by atoms with Gasteiger partial charge in [0.05, 0.1) is 4.88 Å². The minimum absolute atomic E-state index is 0.324. The van der Waals surface area contributed by atoms with Gasteiger partial charge >= 0.3 is 0 Å². The molecular weight excluding hydrogens is 268 g/mol. The summed E-state index contributed by atoms with van der Waals surface area (Å²) in [5.74, 6) is -0.324. The number of anilines is 1.